The summed E-state index contributed by atoms with van der Waals surface area (Å²) in [6, 6.07) is 9.48. The maximum absolute atomic E-state index is 12.7. The zero-order chi connectivity index (χ0) is 19.5. The summed E-state index contributed by atoms with van der Waals surface area (Å²) in [5.41, 5.74) is 2.51. The van der Waals surface area contributed by atoms with Crippen LogP contribution >= 0.6 is 0 Å². The van der Waals surface area contributed by atoms with Gasteiger partial charge >= 0.3 is 0 Å². The Morgan fingerprint density at radius 3 is 2.96 bits per heavy atom. The van der Waals surface area contributed by atoms with Gasteiger partial charge in [-0.05, 0) is 12.5 Å². The Morgan fingerprint density at radius 2 is 2.18 bits per heavy atom. The van der Waals surface area contributed by atoms with E-state index in [0.29, 0.717) is 30.7 Å². The first-order valence-corrected chi connectivity index (χ1v) is 8.77. The van der Waals surface area contributed by atoms with Crippen LogP contribution in [-0.4, -0.2) is 36.9 Å². The van der Waals surface area contributed by atoms with Crippen molar-refractivity contribution in [1.29, 1.82) is 0 Å². The maximum Gasteiger partial charge on any atom is 0.289 e. The third-order valence-electron chi connectivity index (χ3n) is 4.33. The summed E-state index contributed by atoms with van der Waals surface area (Å²) in [4.78, 5) is 29.0. The third kappa shape index (κ3) is 3.54. The molecule has 28 heavy (non-hydrogen) atoms. The van der Waals surface area contributed by atoms with Crippen LogP contribution in [0.1, 0.15) is 21.7 Å². The number of amides is 1. The number of fused-ring (bicyclic) bond motifs is 1. The van der Waals surface area contributed by atoms with E-state index >= 15 is 0 Å². The number of hydrogen-bond acceptors (Lipinski definition) is 6. The van der Waals surface area contributed by atoms with Gasteiger partial charge in [-0.1, -0.05) is 35.0 Å². The average molecular weight is 378 g/mol. The minimum Gasteiger partial charge on any atom is -0.351 e. The van der Waals surface area contributed by atoms with Crippen LogP contribution in [0.4, 0.5) is 0 Å². The Balaban J connectivity index is 1.48. The molecule has 3 heterocycles. The van der Waals surface area contributed by atoms with Crippen LogP contribution in [0.5, 0.6) is 0 Å². The minimum absolute atomic E-state index is 0.141. The van der Waals surface area contributed by atoms with E-state index in [9.17, 15) is 9.59 Å². The number of nitrogens with zero attached hydrogens (tertiary/aromatic N) is 5. The van der Waals surface area contributed by atoms with Crippen molar-refractivity contribution in [3.8, 4) is 0 Å². The molecule has 9 heteroatoms. The lowest BCUT2D eigenvalue weighted by atomic mass is 10.1. The summed E-state index contributed by atoms with van der Waals surface area (Å²) in [5, 5.41) is 10.9. The zero-order valence-corrected chi connectivity index (χ0v) is 15.2. The molecule has 4 aromatic rings. The largest absolute Gasteiger partial charge is 0.351 e. The Morgan fingerprint density at radius 1 is 1.29 bits per heavy atom. The number of rotatable bonds is 6. The number of hydrogen-bond donors (Lipinski definition) is 1. The molecule has 3 aromatic heterocycles. The van der Waals surface area contributed by atoms with Crippen LogP contribution in [-0.2, 0) is 13.1 Å². The second-order valence-corrected chi connectivity index (χ2v) is 6.40. The van der Waals surface area contributed by atoms with Crippen molar-refractivity contribution in [2.24, 2.45) is 0 Å². The number of aryl methyl sites for hydroxylation is 1. The Labute approximate surface area is 159 Å². The molecule has 1 amide bonds. The molecule has 0 bridgehead atoms. The van der Waals surface area contributed by atoms with E-state index < -0.39 is 0 Å². The monoisotopic (exact) mass is 378 g/mol. The highest BCUT2D eigenvalue weighted by Gasteiger charge is 2.12. The lowest BCUT2D eigenvalue weighted by Crippen LogP contribution is -2.27. The summed E-state index contributed by atoms with van der Waals surface area (Å²) in [5.74, 6) is -0.218. The highest BCUT2D eigenvalue weighted by molar-refractivity contribution is 5.91. The van der Waals surface area contributed by atoms with E-state index in [4.69, 9.17) is 4.52 Å². The van der Waals surface area contributed by atoms with Crippen LogP contribution in [0.15, 0.2) is 58.4 Å². The molecule has 0 saturated carbocycles. The van der Waals surface area contributed by atoms with Crippen molar-refractivity contribution in [1.82, 2.24) is 29.8 Å². The lowest BCUT2D eigenvalue weighted by Gasteiger charge is -2.07. The first-order valence-electron chi connectivity index (χ1n) is 8.77. The van der Waals surface area contributed by atoms with E-state index in [0.717, 1.165) is 11.1 Å². The molecule has 0 aliphatic rings. The summed E-state index contributed by atoms with van der Waals surface area (Å²) in [6.07, 6.45) is 4.44. The second kappa shape index (κ2) is 7.47. The fourth-order valence-electron chi connectivity index (χ4n) is 2.98. The molecule has 142 valence electrons. The van der Waals surface area contributed by atoms with E-state index in [1.54, 1.807) is 9.25 Å². The van der Waals surface area contributed by atoms with Gasteiger partial charge in [0.15, 0.2) is 5.65 Å². The van der Waals surface area contributed by atoms with E-state index in [-0.39, 0.29) is 17.2 Å². The molecule has 1 aromatic carbocycles. The van der Waals surface area contributed by atoms with Gasteiger partial charge < -0.3 is 9.84 Å². The van der Waals surface area contributed by atoms with Crippen molar-refractivity contribution >= 4 is 16.9 Å². The molecule has 0 saturated heterocycles. The number of carbonyl (C=O) groups is 1. The third-order valence-corrected chi connectivity index (χ3v) is 4.33. The molecular weight excluding hydrogens is 360 g/mol. The highest BCUT2D eigenvalue weighted by Crippen LogP contribution is 2.08. The number of benzene rings is 1. The van der Waals surface area contributed by atoms with Crippen LogP contribution in [0.3, 0.4) is 0 Å². The van der Waals surface area contributed by atoms with Gasteiger partial charge in [-0.25, -0.2) is 9.67 Å². The summed E-state index contributed by atoms with van der Waals surface area (Å²) in [7, 11) is 0. The standard InChI is InChI=1S/C19H18N6O3/c1-13-3-2-4-14(9-13)11-24-12-21-17-15(19(24)27)10-22-25(17)8-7-20-18(26)16-5-6-23-28-16/h2-6,9-10,12H,7-8,11H2,1H3,(H,20,26). The van der Waals surface area contributed by atoms with Crippen molar-refractivity contribution in [2.75, 3.05) is 6.54 Å². The predicted octanol–water partition coefficient (Wildman–Crippen LogP) is 1.37. The quantitative estimate of drug-likeness (QED) is 0.543. The minimum atomic E-state index is -0.359. The van der Waals surface area contributed by atoms with Gasteiger partial charge in [-0.3, -0.25) is 14.2 Å². The first kappa shape index (κ1) is 17.7. The fourth-order valence-corrected chi connectivity index (χ4v) is 2.98. The topological polar surface area (TPSA) is 108 Å². The molecule has 1 N–H and O–H groups in total. The van der Waals surface area contributed by atoms with Gasteiger partial charge in [0, 0.05) is 12.6 Å². The molecule has 0 aliphatic heterocycles. The van der Waals surface area contributed by atoms with E-state index in [1.165, 1.54) is 24.8 Å². The van der Waals surface area contributed by atoms with Gasteiger partial charge in [0.25, 0.3) is 11.5 Å². The number of nitrogens with one attached hydrogen (secondary N) is 1. The number of carbonyl (C=O) groups excluding carboxylic acids is 1. The van der Waals surface area contributed by atoms with Gasteiger partial charge in [0.05, 0.1) is 25.5 Å². The van der Waals surface area contributed by atoms with Crippen molar-refractivity contribution in [3.05, 3.63) is 76.3 Å². The van der Waals surface area contributed by atoms with Gasteiger partial charge in [0.2, 0.25) is 5.76 Å². The Bertz CT molecular complexity index is 1180. The van der Waals surface area contributed by atoms with Crippen LogP contribution < -0.4 is 10.9 Å². The molecule has 0 spiro atoms. The van der Waals surface area contributed by atoms with Crippen LogP contribution in [0.25, 0.3) is 11.0 Å². The zero-order valence-electron chi connectivity index (χ0n) is 15.2. The average Bonchev–Trinajstić information content (AvgIpc) is 3.35. The molecule has 0 aliphatic carbocycles. The highest BCUT2D eigenvalue weighted by atomic mass is 16.5. The Kier molecular flexibility index (Phi) is 4.71. The van der Waals surface area contributed by atoms with Gasteiger partial charge in [-0.2, -0.15) is 5.10 Å². The Hall–Kier alpha value is -3.75. The lowest BCUT2D eigenvalue weighted by molar-refractivity contribution is 0.0915. The summed E-state index contributed by atoms with van der Waals surface area (Å²) in [6.45, 7) is 3.14. The first-order chi connectivity index (χ1) is 13.6. The molecule has 0 atom stereocenters. The fraction of sp³-hybridized carbons (Fsp3) is 0.211. The van der Waals surface area contributed by atoms with Gasteiger partial charge in [-0.15, -0.1) is 0 Å². The molecule has 0 unspecified atom stereocenters. The maximum atomic E-state index is 12.7. The van der Waals surface area contributed by atoms with Gasteiger partial charge in [0.1, 0.15) is 11.7 Å². The van der Waals surface area contributed by atoms with E-state index in [2.05, 4.69) is 20.6 Å². The second-order valence-electron chi connectivity index (χ2n) is 6.40. The number of aromatic nitrogens is 5. The van der Waals surface area contributed by atoms with Crippen molar-refractivity contribution in [3.63, 3.8) is 0 Å². The molecule has 0 radical (unpaired) electrons. The SMILES string of the molecule is Cc1cccc(Cn2cnc3c(cnn3CCNC(=O)c3ccno3)c2=O)c1. The summed E-state index contributed by atoms with van der Waals surface area (Å²) < 4.78 is 7.95. The smallest absolute Gasteiger partial charge is 0.289 e. The molecule has 9 nitrogen and oxygen atoms in total. The van der Waals surface area contributed by atoms with Crippen molar-refractivity contribution < 1.29 is 9.32 Å². The van der Waals surface area contributed by atoms with Crippen LogP contribution in [0.2, 0.25) is 0 Å². The molecule has 4 rings (SSSR count). The molecular formula is C19H18N6O3. The molecule has 0 fully saturated rings. The summed E-state index contributed by atoms with van der Waals surface area (Å²) >= 11 is 0. The predicted molar refractivity (Wildman–Crippen MR) is 101 cm³/mol. The normalized spacial score (nSPS) is 11.0. The van der Waals surface area contributed by atoms with Crippen molar-refractivity contribution in [2.45, 2.75) is 20.0 Å². The van der Waals surface area contributed by atoms with E-state index in [1.807, 2.05) is 31.2 Å². The van der Waals surface area contributed by atoms with Crippen LogP contribution in [0, 0.1) is 6.92 Å².